The highest BCUT2D eigenvalue weighted by Crippen LogP contribution is 2.21. The number of hydrogen-bond acceptors (Lipinski definition) is 7. The van der Waals surface area contributed by atoms with Gasteiger partial charge in [0, 0.05) is 41.8 Å². The monoisotopic (exact) mass is 553 g/mol. The van der Waals surface area contributed by atoms with Gasteiger partial charge in [-0.25, -0.2) is 4.79 Å². The molecule has 0 aliphatic rings. The van der Waals surface area contributed by atoms with E-state index in [1.54, 1.807) is 54.6 Å². The molecule has 2 rings (SSSR count). The normalized spacial score (nSPS) is 12.4. The highest BCUT2D eigenvalue weighted by Gasteiger charge is 2.32. The summed E-state index contributed by atoms with van der Waals surface area (Å²) in [6.45, 7) is 1.20. The third kappa shape index (κ3) is 9.45. The number of carbonyl (C=O) groups is 4. The Bertz CT molecular complexity index is 1040. The van der Waals surface area contributed by atoms with Crippen molar-refractivity contribution < 1.29 is 29.0 Å². The molecule has 200 valence electrons. The average molecular weight is 554 g/mol. The van der Waals surface area contributed by atoms with Gasteiger partial charge in [-0.2, -0.15) is 0 Å². The van der Waals surface area contributed by atoms with Gasteiger partial charge in [-0.1, -0.05) is 30.3 Å². The van der Waals surface area contributed by atoms with Crippen LogP contribution in [0.1, 0.15) is 18.2 Å². The first kappa shape index (κ1) is 29.7. The Labute approximate surface area is 224 Å². The van der Waals surface area contributed by atoms with Gasteiger partial charge in [-0.05, 0) is 30.7 Å². The number of alkyl halides is 2. The van der Waals surface area contributed by atoms with Crippen molar-refractivity contribution in [1.82, 2.24) is 5.32 Å². The van der Waals surface area contributed by atoms with Gasteiger partial charge in [0.1, 0.15) is 12.0 Å². The van der Waals surface area contributed by atoms with Crippen LogP contribution in [0, 0.1) is 5.92 Å². The molecule has 0 saturated carbocycles. The molecule has 0 saturated heterocycles. The van der Waals surface area contributed by atoms with Crippen LogP contribution in [0.2, 0.25) is 0 Å². The van der Waals surface area contributed by atoms with Crippen LogP contribution >= 0.6 is 23.2 Å². The number of nitrogens with two attached hydrogens (primary N) is 2. The molecule has 3 amide bonds. The van der Waals surface area contributed by atoms with Crippen molar-refractivity contribution in [3.8, 4) is 0 Å². The van der Waals surface area contributed by atoms with Crippen LogP contribution in [-0.4, -0.2) is 59.9 Å². The fourth-order valence-electron chi connectivity index (χ4n) is 3.44. The second kappa shape index (κ2) is 14.9. The minimum atomic E-state index is -1.53. The molecule has 1 unspecified atom stereocenters. The van der Waals surface area contributed by atoms with Crippen molar-refractivity contribution in [1.29, 1.82) is 0 Å². The smallest absolute Gasteiger partial charge is 0.413 e. The lowest BCUT2D eigenvalue weighted by atomic mass is 9.98. The highest BCUT2D eigenvalue weighted by atomic mass is 35.5. The van der Waals surface area contributed by atoms with Gasteiger partial charge in [0.15, 0.2) is 6.23 Å². The Hall–Kier alpha value is -3.54. The van der Waals surface area contributed by atoms with Crippen LogP contribution in [-0.2, 0) is 19.1 Å². The summed E-state index contributed by atoms with van der Waals surface area (Å²) >= 11 is 11.7. The number of carboxylic acid groups (broad SMARTS) is 1. The van der Waals surface area contributed by atoms with Gasteiger partial charge in [0.2, 0.25) is 11.8 Å². The van der Waals surface area contributed by atoms with Crippen molar-refractivity contribution in [3.05, 3.63) is 60.2 Å². The van der Waals surface area contributed by atoms with Crippen LogP contribution in [0.15, 0.2) is 54.6 Å². The maximum atomic E-state index is 12.7. The Morgan fingerprint density at radius 3 is 1.97 bits per heavy atom. The van der Waals surface area contributed by atoms with E-state index in [-0.39, 0.29) is 0 Å². The van der Waals surface area contributed by atoms with Gasteiger partial charge in [-0.15, -0.1) is 23.2 Å². The number of hydrogen-bond donors (Lipinski definition) is 5. The summed E-state index contributed by atoms with van der Waals surface area (Å²) in [4.78, 5) is 49.7. The number of benzene rings is 2. The van der Waals surface area contributed by atoms with Gasteiger partial charge < -0.3 is 26.2 Å². The molecular formula is C24H29Cl2N5O6. The lowest BCUT2D eigenvalue weighted by molar-refractivity contribution is -0.142. The van der Waals surface area contributed by atoms with Gasteiger partial charge >= 0.3 is 12.1 Å². The number of nitrogens with one attached hydrogen (secondary N) is 2. The standard InChI is InChI=1S/C24H29Cl2N5O6/c25-10-12-31(13-11-26)17-8-6-16(7-9-17)29-24(36)37-22(15-4-2-1-3-5-15)30-19(23(34)35)14-18(20(27)32)21(28)33/h1-9,18-19,22,30H,10-14H2,(H2,27,32)(H2,28,33)(H,29,36)(H,34,35)/t19-,22?/m0/s1. The number of rotatable bonds is 15. The summed E-state index contributed by atoms with van der Waals surface area (Å²) < 4.78 is 5.48. The third-order valence-electron chi connectivity index (χ3n) is 5.32. The van der Waals surface area contributed by atoms with Crippen molar-refractivity contribution in [2.75, 3.05) is 35.1 Å². The number of halogens is 2. The third-order valence-corrected chi connectivity index (χ3v) is 5.66. The lowest BCUT2D eigenvalue weighted by Crippen LogP contribution is -2.46. The molecule has 2 aromatic rings. The molecule has 37 heavy (non-hydrogen) atoms. The summed E-state index contributed by atoms with van der Waals surface area (Å²) in [5, 5.41) is 14.9. The summed E-state index contributed by atoms with van der Waals surface area (Å²) in [5.41, 5.74) is 12.1. The maximum Gasteiger partial charge on any atom is 0.413 e. The summed E-state index contributed by atoms with van der Waals surface area (Å²) in [5.74, 6) is -4.20. The molecular weight excluding hydrogens is 525 g/mol. The van der Waals surface area contributed by atoms with Crippen LogP contribution in [0.3, 0.4) is 0 Å². The zero-order valence-corrected chi connectivity index (χ0v) is 21.3. The van der Waals surface area contributed by atoms with E-state index >= 15 is 0 Å². The van der Waals surface area contributed by atoms with Gasteiger partial charge in [0.05, 0.1) is 0 Å². The predicted octanol–water partition coefficient (Wildman–Crippen LogP) is 2.24. The number of primary amides is 2. The number of ether oxygens (including phenoxy) is 1. The van der Waals surface area contributed by atoms with E-state index in [0.717, 1.165) is 5.69 Å². The average Bonchev–Trinajstić information content (AvgIpc) is 2.86. The number of carboxylic acids is 1. The SMILES string of the molecule is NC(=O)C(C[C@H](NC(OC(=O)Nc1ccc(N(CCCl)CCCl)cc1)c1ccccc1)C(=O)O)C(N)=O. The summed E-state index contributed by atoms with van der Waals surface area (Å²) in [7, 11) is 0. The van der Waals surface area contributed by atoms with Crippen LogP contribution in [0.4, 0.5) is 16.2 Å². The van der Waals surface area contributed by atoms with E-state index in [0.29, 0.717) is 36.1 Å². The number of amides is 3. The number of anilines is 2. The molecule has 2 atom stereocenters. The first-order valence-corrected chi connectivity index (χ1v) is 12.3. The van der Waals surface area contributed by atoms with Gasteiger partial charge in [-0.3, -0.25) is 25.0 Å². The molecule has 0 radical (unpaired) electrons. The van der Waals surface area contributed by atoms with Crippen LogP contribution in [0.25, 0.3) is 0 Å². The number of carbonyl (C=O) groups excluding carboxylic acids is 3. The second-order valence-electron chi connectivity index (χ2n) is 7.88. The predicted molar refractivity (Wildman–Crippen MR) is 140 cm³/mol. The maximum absolute atomic E-state index is 12.7. The number of aliphatic carboxylic acids is 1. The highest BCUT2D eigenvalue weighted by molar-refractivity contribution is 6.18. The zero-order valence-electron chi connectivity index (χ0n) is 19.8. The summed E-state index contributed by atoms with van der Waals surface area (Å²) in [6.07, 6.45) is -2.65. The number of nitrogens with zero attached hydrogens (tertiary/aromatic N) is 1. The van der Waals surface area contributed by atoms with Gasteiger partial charge in [0.25, 0.3) is 0 Å². The molecule has 0 spiro atoms. The molecule has 0 bridgehead atoms. The molecule has 0 aromatic heterocycles. The van der Waals surface area contributed by atoms with E-state index in [1.807, 2.05) is 4.90 Å². The molecule has 11 nitrogen and oxygen atoms in total. The van der Waals surface area contributed by atoms with Crippen molar-refractivity contribution in [2.24, 2.45) is 17.4 Å². The fourth-order valence-corrected chi connectivity index (χ4v) is 3.85. The van der Waals surface area contributed by atoms with Crippen molar-refractivity contribution in [2.45, 2.75) is 18.7 Å². The Morgan fingerprint density at radius 1 is 0.919 bits per heavy atom. The molecule has 7 N–H and O–H groups in total. The van der Waals surface area contributed by atoms with Crippen LogP contribution < -0.4 is 27.0 Å². The lowest BCUT2D eigenvalue weighted by Gasteiger charge is -2.25. The fraction of sp³-hybridized carbons (Fsp3) is 0.333. The first-order chi connectivity index (χ1) is 17.7. The quantitative estimate of drug-likeness (QED) is 0.126. The molecule has 2 aromatic carbocycles. The minimum Gasteiger partial charge on any atom is -0.480 e. The molecule has 0 aliphatic carbocycles. The molecule has 13 heteroatoms. The van der Waals surface area contributed by atoms with E-state index in [2.05, 4.69) is 10.6 Å². The molecule has 0 aliphatic heterocycles. The van der Waals surface area contributed by atoms with E-state index in [1.165, 1.54) is 0 Å². The molecule has 0 fully saturated rings. The van der Waals surface area contributed by atoms with Crippen molar-refractivity contribution in [3.63, 3.8) is 0 Å². The summed E-state index contributed by atoms with van der Waals surface area (Å²) in [6, 6.07) is 13.7. The first-order valence-electron chi connectivity index (χ1n) is 11.2. The van der Waals surface area contributed by atoms with Crippen molar-refractivity contribution >= 4 is 58.5 Å². The Balaban J connectivity index is 2.17. The minimum absolute atomic E-state index is 0.423. The second-order valence-corrected chi connectivity index (χ2v) is 8.64. The zero-order chi connectivity index (χ0) is 27.4. The van der Waals surface area contributed by atoms with E-state index < -0.39 is 48.5 Å². The largest absolute Gasteiger partial charge is 0.480 e. The topological polar surface area (TPSA) is 177 Å². The van der Waals surface area contributed by atoms with E-state index in [4.69, 9.17) is 39.4 Å². The molecule has 0 heterocycles. The Morgan fingerprint density at radius 2 is 1.49 bits per heavy atom. The Kier molecular flexibility index (Phi) is 11.9. The van der Waals surface area contributed by atoms with E-state index in [9.17, 15) is 24.3 Å². The van der Waals surface area contributed by atoms with Crippen LogP contribution in [0.5, 0.6) is 0 Å².